The van der Waals surface area contributed by atoms with Gasteiger partial charge in [-0.2, -0.15) is 10.4 Å². The number of aryl methyl sites for hydroxylation is 1. The summed E-state index contributed by atoms with van der Waals surface area (Å²) >= 11 is 1.35. The maximum atomic E-state index is 11.8. The van der Waals surface area contributed by atoms with Gasteiger partial charge in [0.15, 0.2) is 0 Å². The van der Waals surface area contributed by atoms with Crippen molar-refractivity contribution in [3.8, 4) is 6.07 Å². The Bertz CT molecular complexity index is 654. The maximum absolute atomic E-state index is 11.8. The fourth-order valence-electron chi connectivity index (χ4n) is 1.84. The van der Waals surface area contributed by atoms with E-state index in [1.807, 2.05) is 30.8 Å². The largest absolute Gasteiger partial charge is 0.315 e. The molecule has 1 atom stereocenters. The Kier molecular flexibility index (Phi) is 5.09. The molecule has 2 aromatic heterocycles. The molecule has 0 aliphatic rings. The van der Waals surface area contributed by atoms with E-state index in [0.29, 0.717) is 17.1 Å². The highest BCUT2D eigenvalue weighted by Crippen LogP contribution is 2.21. The Balaban J connectivity index is 1.77. The minimum absolute atomic E-state index is 0.119. The van der Waals surface area contributed by atoms with Gasteiger partial charge in [0.25, 0.3) is 0 Å². The molecule has 0 aliphatic carbocycles. The van der Waals surface area contributed by atoms with Crippen molar-refractivity contribution in [2.45, 2.75) is 26.4 Å². The van der Waals surface area contributed by atoms with E-state index in [4.69, 9.17) is 5.26 Å². The van der Waals surface area contributed by atoms with E-state index in [1.54, 1.807) is 17.6 Å². The third kappa shape index (κ3) is 4.41. The summed E-state index contributed by atoms with van der Waals surface area (Å²) in [6.07, 6.45) is 3.77. The highest BCUT2D eigenvalue weighted by Gasteiger charge is 2.10. The molecule has 0 spiro atoms. The van der Waals surface area contributed by atoms with Gasteiger partial charge in [-0.15, -0.1) is 11.3 Å². The molecule has 0 aromatic carbocycles. The zero-order valence-corrected chi connectivity index (χ0v) is 12.8. The predicted molar refractivity (Wildman–Crippen MR) is 82.1 cm³/mol. The molecule has 0 saturated heterocycles. The van der Waals surface area contributed by atoms with E-state index in [1.165, 1.54) is 11.3 Å². The average molecular weight is 303 g/mol. The second-order valence-corrected chi connectivity index (χ2v) is 5.76. The smallest absolute Gasteiger partial charge is 0.238 e. The van der Waals surface area contributed by atoms with Gasteiger partial charge < -0.3 is 10.6 Å². The van der Waals surface area contributed by atoms with Gasteiger partial charge in [0.05, 0.1) is 24.8 Å². The molecule has 2 aromatic rings. The number of nitriles is 1. The fraction of sp³-hybridized carbons (Fsp3) is 0.357. The van der Waals surface area contributed by atoms with Crippen molar-refractivity contribution in [3.63, 3.8) is 0 Å². The number of carbonyl (C=O) groups excluding carboxylic acids is 1. The van der Waals surface area contributed by atoms with Crippen molar-refractivity contribution in [3.05, 3.63) is 35.0 Å². The first-order valence-electron chi connectivity index (χ1n) is 6.58. The molecule has 21 heavy (non-hydrogen) atoms. The summed E-state index contributed by atoms with van der Waals surface area (Å²) in [5.41, 5.74) is 1.61. The SMILES string of the molecule is Cc1cnn(C[C@H](C)NCC(=O)Nc2sccc2C#N)c1. The molecule has 2 heterocycles. The lowest BCUT2D eigenvalue weighted by molar-refractivity contribution is -0.115. The summed E-state index contributed by atoms with van der Waals surface area (Å²) < 4.78 is 1.85. The quantitative estimate of drug-likeness (QED) is 0.851. The van der Waals surface area contributed by atoms with Crippen LogP contribution < -0.4 is 10.6 Å². The van der Waals surface area contributed by atoms with Gasteiger partial charge >= 0.3 is 0 Å². The normalized spacial score (nSPS) is 11.9. The second-order valence-electron chi connectivity index (χ2n) is 4.85. The van der Waals surface area contributed by atoms with E-state index in [9.17, 15) is 4.79 Å². The highest BCUT2D eigenvalue weighted by molar-refractivity contribution is 7.14. The second kappa shape index (κ2) is 7.02. The van der Waals surface area contributed by atoms with Gasteiger partial charge in [-0.3, -0.25) is 9.48 Å². The lowest BCUT2D eigenvalue weighted by Crippen LogP contribution is -2.36. The van der Waals surface area contributed by atoms with Gasteiger partial charge in [-0.25, -0.2) is 0 Å². The summed E-state index contributed by atoms with van der Waals surface area (Å²) in [7, 11) is 0. The fourth-order valence-corrected chi connectivity index (χ4v) is 2.60. The molecule has 0 aliphatic heterocycles. The Labute approximate surface area is 127 Å². The van der Waals surface area contributed by atoms with Crippen LogP contribution in [0.3, 0.4) is 0 Å². The van der Waals surface area contributed by atoms with Gasteiger partial charge in [0.2, 0.25) is 5.91 Å². The van der Waals surface area contributed by atoms with E-state index >= 15 is 0 Å². The first-order valence-corrected chi connectivity index (χ1v) is 7.46. The third-order valence-corrected chi connectivity index (χ3v) is 3.70. The summed E-state index contributed by atoms with van der Waals surface area (Å²) in [4.78, 5) is 11.8. The van der Waals surface area contributed by atoms with Crippen LogP contribution in [0.15, 0.2) is 23.8 Å². The number of rotatable bonds is 6. The molecule has 2 N–H and O–H groups in total. The van der Waals surface area contributed by atoms with Crippen LogP contribution in [0.5, 0.6) is 0 Å². The van der Waals surface area contributed by atoms with Crippen LogP contribution >= 0.6 is 11.3 Å². The number of carbonyl (C=O) groups is 1. The van der Waals surface area contributed by atoms with Crippen LogP contribution in [0.1, 0.15) is 18.1 Å². The monoisotopic (exact) mass is 303 g/mol. The molecule has 6 nitrogen and oxygen atoms in total. The maximum Gasteiger partial charge on any atom is 0.238 e. The van der Waals surface area contributed by atoms with Crippen molar-refractivity contribution in [1.29, 1.82) is 5.26 Å². The molecule has 110 valence electrons. The van der Waals surface area contributed by atoms with E-state index in [2.05, 4.69) is 15.7 Å². The molecule has 2 rings (SSSR count). The minimum Gasteiger partial charge on any atom is -0.315 e. The summed E-state index contributed by atoms with van der Waals surface area (Å²) in [5.74, 6) is -0.155. The summed E-state index contributed by atoms with van der Waals surface area (Å²) in [6, 6.07) is 3.85. The molecule has 0 fully saturated rings. The number of aromatic nitrogens is 2. The topological polar surface area (TPSA) is 82.7 Å². The Morgan fingerprint density at radius 3 is 3.10 bits per heavy atom. The van der Waals surface area contributed by atoms with Gasteiger partial charge in [0, 0.05) is 12.2 Å². The van der Waals surface area contributed by atoms with Crippen molar-refractivity contribution < 1.29 is 4.79 Å². The van der Waals surface area contributed by atoms with Crippen LogP contribution in [0.25, 0.3) is 0 Å². The van der Waals surface area contributed by atoms with Gasteiger partial charge in [0.1, 0.15) is 11.1 Å². The molecule has 0 unspecified atom stereocenters. The lowest BCUT2D eigenvalue weighted by Gasteiger charge is -2.13. The van der Waals surface area contributed by atoms with E-state index < -0.39 is 0 Å². The lowest BCUT2D eigenvalue weighted by atomic mass is 10.3. The van der Waals surface area contributed by atoms with Crippen molar-refractivity contribution >= 4 is 22.2 Å². The zero-order valence-electron chi connectivity index (χ0n) is 12.0. The van der Waals surface area contributed by atoms with Crippen molar-refractivity contribution in [2.75, 3.05) is 11.9 Å². The molecule has 0 radical (unpaired) electrons. The third-order valence-electron chi connectivity index (χ3n) is 2.87. The molecule has 0 saturated carbocycles. The van der Waals surface area contributed by atoms with Gasteiger partial charge in [-0.05, 0) is 30.9 Å². The number of amides is 1. The number of hydrogen-bond acceptors (Lipinski definition) is 5. The molecular weight excluding hydrogens is 286 g/mol. The predicted octanol–water partition coefficient (Wildman–Crippen LogP) is 1.74. The number of hydrogen-bond donors (Lipinski definition) is 2. The average Bonchev–Trinajstić information content (AvgIpc) is 3.05. The van der Waals surface area contributed by atoms with E-state index in [-0.39, 0.29) is 18.5 Å². The highest BCUT2D eigenvalue weighted by atomic mass is 32.1. The molecule has 7 heteroatoms. The van der Waals surface area contributed by atoms with Crippen LogP contribution in [-0.2, 0) is 11.3 Å². The Morgan fingerprint density at radius 1 is 1.62 bits per heavy atom. The standard InChI is InChI=1S/C14H17N5OS/c1-10-6-17-19(8-10)9-11(2)16-7-13(20)18-14-12(5-15)3-4-21-14/h3-4,6,8,11,16H,7,9H2,1-2H3,(H,18,20)/t11-/m0/s1. The van der Waals surface area contributed by atoms with Crippen molar-refractivity contribution in [2.24, 2.45) is 0 Å². The van der Waals surface area contributed by atoms with Crippen LogP contribution in [0.4, 0.5) is 5.00 Å². The number of anilines is 1. The molecule has 0 bridgehead atoms. The van der Waals surface area contributed by atoms with Crippen LogP contribution in [0.2, 0.25) is 0 Å². The Hall–Kier alpha value is -2.17. The van der Waals surface area contributed by atoms with E-state index in [0.717, 1.165) is 5.56 Å². The number of nitrogens with one attached hydrogen (secondary N) is 2. The molecular formula is C14H17N5OS. The number of thiophene rings is 1. The van der Waals surface area contributed by atoms with Gasteiger partial charge in [-0.1, -0.05) is 0 Å². The van der Waals surface area contributed by atoms with Crippen LogP contribution in [0, 0.1) is 18.3 Å². The first-order chi connectivity index (χ1) is 10.1. The minimum atomic E-state index is -0.155. The molecule has 1 amide bonds. The first kappa shape index (κ1) is 15.2. The Morgan fingerprint density at radius 2 is 2.43 bits per heavy atom. The van der Waals surface area contributed by atoms with Crippen LogP contribution in [-0.4, -0.2) is 28.3 Å². The zero-order chi connectivity index (χ0) is 15.2. The summed E-state index contributed by atoms with van der Waals surface area (Å²) in [6.45, 7) is 4.88. The summed E-state index contributed by atoms with van der Waals surface area (Å²) in [5, 5.41) is 21.3. The van der Waals surface area contributed by atoms with Crippen molar-refractivity contribution in [1.82, 2.24) is 15.1 Å². The number of nitrogens with zero attached hydrogens (tertiary/aromatic N) is 3.